The summed E-state index contributed by atoms with van der Waals surface area (Å²) in [5.41, 5.74) is 0. The van der Waals surface area contributed by atoms with E-state index in [2.05, 4.69) is 13.5 Å². The van der Waals surface area contributed by atoms with E-state index < -0.39 is 0 Å². The number of aliphatic hydroxyl groups excluding tert-OH is 1. The third kappa shape index (κ3) is 19.1. The number of hydrogen-bond acceptors (Lipinski definition) is 1. The Kier molecular flexibility index (Phi) is 19.3. The van der Waals surface area contributed by atoms with Gasteiger partial charge in [0.1, 0.15) is 0 Å². The van der Waals surface area contributed by atoms with E-state index in [-0.39, 0.29) is 31.0 Å². The second kappa shape index (κ2) is 16.5. The Morgan fingerprint density at radius 2 is 1.18 bits per heavy atom. The second-order valence-corrected chi connectivity index (χ2v) is 4.85. The van der Waals surface area contributed by atoms with Gasteiger partial charge >= 0.3 is 29.6 Å². The maximum Gasteiger partial charge on any atom is 1.00 e. The van der Waals surface area contributed by atoms with Gasteiger partial charge in [0.15, 0.2) is 0 Å². The minimum Gasteiger partial charge on any atom is -1.00 e. The zero-order chi connectivity index (χ0) is 12.1. The van der Waals surface area contributed by atoms with Gasteiger partial charge in [-0.15, -0.1) is 0 Å². The molecule has 0 heterocycles. The number of unbranched alkanes of at least 4 members (excludes halogenated alkanes) is 10. The van der Waals surface area contributed by atoms with E-state index in [9.17, 15) is 0 Å². The van der Waals surface area contributed by atoms with Crippen molar-refractivity contribution < 1.29 is 36.1 Å². The van der Waals surface area contributed by atoms with Crippen molar-refractivity contribution in [1.82, 2.24) is 0 Å². The van der Waals surface area contributed by atoms with Crippen molar-refractivity contribution in [3.8, 4) is 0 Å². The summed E-state index contributed by atoms with van der Waals surface area (Å²) in [7, 11) is 0. The minimum atomic E-state index is 0. The molecule has 0 unspecified atom stereocenters. The normalized spacial score (nSPS) is 9.94. The van der Waals surface area contributed by atoms with Crippen LogP contribution in [-0.4, -0.2) is 5.11 Å². The van der Waals surface area contributed by atoms with Gasteiger partial charge in [-0.3, -0.25) is 0 Å². The summed E-state index contributed by atoms with van der Waals surface area (Å²) in [6.45, 7) is 5.76. The molecule has 0 aromatic heterocycles. The van der Waals surface area contributed by atoms with Crippen LogP contribution in [0.4, 0.5) is 0 Å². The van der Waals surface area contributed by atoms with E-state index in [0.717, 1.165) is 12.8 Å². The van der Waals surface area contributed by atoms with Crippen molar-refractivity contribution in [2.45, 2.75) is 84.0 Å². The van der Waals surface area contributed by atoms with E-state index in [1.807, 2.05) is 0 Å². The fourth-order valence-corrected chi connectivity index (χ4v) is 1.99. The zero-order valence-electron chi connectivity index (χ0n) is 13.1. The first kappa shape index (κ1) is 19.9. The van der Waals surface area contributed by atoms with Gasteiger partial charge < -0.3 is 6.53 Å². The molecule has 0 bridgehead atoms. The van der Waals surface area contributed by atoms with Gasteiger partial charge in [-0.25, -0.2) is 0 Å². The molecule has 1 N–H and O–H groups in total. The summed E-state index contributed by atoms with van der Waals surface area (Å²) < 4.78 is 0. The quantitative estimate of drug-likeness (QED) is 0.321. The van der Waals surface area contributed by atoms with Crippen LogP contribution >= 0.6 is 0 Å². The van der Waals surface area contributed by atoms with E-state index >= 15 is 0 Å². The Morgan fingerprint density at radius 1 is 0.824 bits per heavy atom. The molecule has 0 rings (SSSR count). The molecule has 0 spiro atoms. The molecule has 0 aliphatic rings. The van der Waals surface area contributed by atoms with Gasteiger partial charge in [0.25, 0.3) is 0 Å². The fraction of sp³-hybridized carbons (Fsp3) is 0.867. The Hall–Kier alpha value is 0.540. The summed E-state index contributed by atoms with van der Waals surface area (Å²) in [6.07, 6.45) is 15.7. The topological polar surface area (TPSA) is 20.2 Å². The van der Waals surface area contributed by atoms with Crippen molar-refractivity contribution in [2.24, 2.45) is 0 Å². The largest absolute Gasteiger partial charge is 1.00 e. The van der Waals surface area contributed by atoms with Crippen LogP contribution in [0.3, 0.4) is 0 Å². The first-order valence-corrected chi connectivity index (χ1v) is 7.14. The first-order valence-electron chi connectivity index (χ1n) is 7.14. The second-order valence-electron chi connectivity index (χ2n) is 4.85. The summed E-state index contributed by atoms with van der Waals surface area (Å²) in [4.78, 5) is 0. The summed E-state index contributed by atoms with van der Waals surface area (Å²) >= 11 is 0. The molecule has 0 atom stereocenters. The third-order valence-corrected chi connectivity index (χ3v) is 3.07. The molecular weight excluding hydrogens is 219 g/mol. The van der Waals surface area contributed by atoms with E-state index in [0.29, 0.717) is 5.76 Å². The van der Waals surface area contributed by atoms with Crippen LogP contribution in [0.5, 0.6) is 0 Å². The molecule has 0 aromatic carbocycles. The molecular formula is C15H31NaO. The van der Waals surface area contributed by atoms with Crippen LogP contribution in [-0.2, 0) is 0 Å². The van der Waals surface area contributed by atoms with Gasteiger partial charge in [-0.05, 0) is 6.42 Å². The molecule has 2 heteroatoms. The summed E-state index contributed by atoms with van der Waals surface area (Å²) in [5.74, 6) is 0.343. The monoisotopic (exact) mass is 250 g/mol. The van der Waals surface area contributed by atoms with Crippen LogP contribution in [0.25, 0.3) is 0 Å². The van der Waals surface area contributed by atoms with Gasteiger partial charge in [-0.1, -0.05) is 77.7 Å². The molecule has 0 aromatic rings. The number of allylic oxidation sites excluding steroid dienone is 1. The van der Waals surface area contributed by atoms with E-state index in [1.165, 1.54) is 64.2 Å². The summed E-state index contributed by atoms with van der Waals surface area (Å²) in [5, 5.41) is 8.90. The van der Waals surface area contributed by atoms with Gasteiger partial charge in [0, 0.05) is 6.42 Å². The molecule has 0 fully saturated rings. The molecule has 17 heavy (non-hydrogen) atoms. The predicted molar refractivity (Wildman–Crippen MR) is 74.0 cm³/mol. The zero-order valence-corrected chi connectivity index (χ0v) is 14.1. The average Bonchev–Trinajstić information content (AvgIpc) is 2.25. The Balaban J connectivity index is -0.00000112. The Labute approximate surface area is 132 Å². The number of hydrogen-bond donors (Lipinski definition) is 1. The average molecular weight is 250 g/mol. The molecule has 98 valence electrons. The Bertz CT molecular complexity index is 163. The molecule has 1 nitrogen and oxygen atoms in total. The maximum atomic E-state index is 8.90. The van der Waals surface area contributed by atoms with Gasteiger partial charge in [-0.2, -0.15) is 0 Å². The van der Waals surface area contributed by atoms with E-state index in [1.54, 1.807) is 0 Å². The summed E-state index contributed by atoms with van der Waals surface area (Å²) in [6, 6.07) is 0. The van der Waals surface area contributed by atoms with Crippen molar-refractivity contribution in [3.05, 3.63) is 12.3 Å². The fourth-order valence-electron chi connectivity index (χ4n) is 1.99. The van der Waals surface area contributed by atoms with E-state index in [4.69, 9.17) is 5.11 Å². The minimum absolute atomic E-state index is 0. The van der Waals surface area contributed by atoms with Crippen molar-refractivity contribution in [2.75, 3.05) is 0 Å². The van der Waals surface area contributed by atoms with Crippen LogP contribution in [0.1, 0.15) is 85.4 Å². The molecule has 0 amide bonds. The van der Waals surface area contributed by atoms with Crippen molar-refractivity contribution >= 4 is 0 Å². The molecule has 0 aliphatic carbocycles. The van der Waals surface area contributed by atoms with Crippen LogP contribution < -0.4 is 29.6 Å². The standard InChI is InChI=1S/C15H30O.Na.H/c1-3-4-5-6-7-8-9-10-11-12-13-14-15(2)16;;/h16H,2-14H2,1H3;;/q;+1;-1. The van der Waals surface area contributed by atoms with Crippen LogP contribution in [0.15, 0.2) is 12.3 Å². The Morgan fingerprint density at radius 3 is 1.53 bits per heavy atom. The van der Waals surface area contributed by atoms with Crippen LogP contribution in [0, 0.1) is 0 Å². The molecule has 0 radical (unpaired) electrons. The SMILES string of the molecule is C=C(O)CCCCCCCCCCCCC.[H-].[Na+]. The molecule has 0 aliphatic heterocycles. The van der Waals surface area contributed by atoms with Crippen molar-refractivity contribution in [3.63, 3.8) is 0 Å². The number of aliphatic hydroxyl groups is 1. The van der Waals surface area contributed by atoms with Gasteiger partial charge in [0.2, 0.25) is 0 Å². The van der Waals surface area contributed by atoms with Gasteiger partial charge in [0.05, 0.1) is 5.76 Å². The van der Waals surface area contributed by atoms with Crippen molar-refractivity contribution in [1.29, 1.82) is 0 Å². The number of rotatable bonds is 12. The smallest absolute Gasteiger partial charge is 1.00 e. The first-order chi connectivity index (χ1) is 7.77. The molecule has 0 saturated heterocycles. The maximum absolute atomic E-state index is 8.90. The third-order valence-electron chi connectivity index (χ3n) is 3.07. The molecule has 0 saturated carbocycles. The van der Waals surface area contributed by atoms with Crippen LogP contribution in [0.2, 0.25) is 0 Å². The predicted octanol–water partition coefficient (Wildman–Crippen LogP) is 2.88.